The second-order valence-corrected chi connectivity index (χ2v) is 10.1. The van der Waals surface area contributed by atoms with E-state index in [1.807, 2.05) is 50.4 Å². The zero-order valence-corrected chi connectivity index (χ0v) is 19.7. The molecule has 0 aromatic heterocycles. The van der Waals surface area contributed by atoms with Gasteiger partial charge in [-0.2, -0.15) is 0 Å². The second-order valence-electron chi connectivity index (χ2n) is 8.21. The summed E-state index contributed by atoms with van der Waals surface area (Å²) in [5, 5.41) is 3.34. The Balaban J connectivity index is 1.59. The Labute approximate surface area is 191 Å². The van der Waals surface area contributed by atoms with E-state index in [1.165, 1.54) is 5.56 Å². The number of ether oxygens (including phenoxy) is 1. The maximum absolute atomic E-state index is 13.5. The van der Waals surface area contributed by atoms with Gasteiger partial charge in [0, 0.05) is 25.8 Å². The average Bonchev–Trinajstić information content (AvgIpc) is 2.83. The van der Waals surface area contributed by atoms with E-state index in [2.05, 4.69) is 22.3 Å². The van der Waals surface area contributed by atoms with Crippen molar-refractivity contribution in [1.29, 1.82) is 0 Å². The van der Waals surface area contributed by atoms with Gasteiger partial charge in [0.1, 0.15) is 5.75 Å². The monoisotopic (exact) mass is 450 g/mol. The summed E-state index contributed by atoms with van der Waals surface area (Å²) in [6.45, 7) is 4.36. The summed E-state index contributed by atoms with van der Waals surface area (Å²) in [5.74, 6) is 0.823. The Morgan fingerprint density at radius 1 is 1.03 bits per heavy atom. The molecule has 1 aliphatic rings. The van der Waals surface area contributed by atoms with Crippen LogP contribution in [0.25, 0.3) is 0 Å². The number of anilines is 1. The topological polar surface area (TPSA) is 58.6 Å². The van der Waals surface area contributed by atoms with Gasteiger partial charge in [-0.25, -0.2) is 8.42 Å². The van der Waals surface area contributed by atoms with Crippen LogP contribution >= 0.6 is 0 Å². The summed E-state index contributed by atoms with van der Waals surface area (Å²) < 4.78 is 32.3. The van der Waals surface area contributed by atoms with Crippen molar-refractivity contribution in [2.24, 2.45) is 0 Å². The standard InChI is InChI=1S/C26H30N2O3S/c1-4-20-15-21-12-13-27-17-22(21)16-26(20)32(29,30)25-10-8-23(9-11-25)28(2)18-19-6-5-7-24(14-19)31-3/h5-11,14-16,27H,4,12-13,17-18H2,1-3H3. The largest absolute Gasteiger partial charge is 0.497 e. The molecule has 0 saturated heterocycles. The van der Waals surface area contributed by atoms with Gasteiger partial charge in [0.2, 0.25) is 9.84 Å². The summed E-state index contributed by atoms with van der Waals surface area (Å²) in [4.78, 5) is 2.85. The first kappa shape index (κ1) is 22.4. The van der Waals surface area contributed by atoms with E-state index < -0.39 is 9.84 Å². The molecule has 4 rings (SSSR count). The van der Waals surface area contributed by atoms with Gasteiger partial charge in [0.05, 0.1) is 16.9 Å². The van der Waals surface area contributed by atoms with Crippen molar-refractivity contribution in [2.75, 3.05) is 25.6 Å². The van der Waals surface area contributed by atoms with Crippen molar-refractivity contribution in [3.8, 4) is 5.75 Å². The molecule has 0 spiro atoms. The zero-order valence-electron chi connectivity index (χ0n) is 18.9. The van der Waals surface area contributed by atoms with Crippen LogP contribution in [0.5, 0.6) is 5.75 Å². The molecule has 0 radical (unpaired) electrons. The van der Waals surface area contributed by atoms with Crippen molar-refractivity contribution in [2.45, 2.75) is 42.6 Å². The molecule has 0 fully saturated rings. The molecule has 3 aromatic rings. The highest BCUT2D eigenvalue weighted by atomic mass is 32.2. The summed E-state index contributed by atoms with van der Waals surface area (Å²) in [5.41, 5.74) is 5.32. The Morgan fingerprint density at radius 2 is 1.81 bits per heavy atom. The van der Waals surface area contributed by atoms with E-state index in [0.29, 0.717) is 22.8 Å². The number of hydrogen-bond donors (Lipinski definition) is 1. The molecule has 1 heterocycles. The van der Waals surface area contributed by atoms with Gasteiger partial charge in [-0.15, -0.1) is 0 Å². The third kappa shape index (κ3) is 4.52. The molecule has 6 heteroatoms. The fourth-order valence-electron chi connectivity index (χ4n) is 4.23. The highest BCUT2D eigenvalue weighted by Gasteiger charge is 2.23. The molecule has 32 heavy (non-hydrogen) atoms. The summed E-state index contributed by atoms with van der Waals surface area (Å²) in [7, 11) is 0.0640. The smallest absolute Gasteiger partial charge is 0.206 e. The fraction of sp³-hybridized carbons (Fsp3) is 0.308. The number of fused-ring (bicyclic) bond motifs is 1. The predicted molar refractivity (Wildman–Crippen MR) is 128 cm³/mol. The van der Waals surface area contributed by atoms with E-state index in [0.717, 1.165) is 47.6 Å². The van der Waals surface area contributed by atoms with E-state index in [-0.39, 0.29) is 0 Å². The number of sulfone groups is 1. The predicted octanol–water partition coefficient (Wildman–Crippen LogP) is 4.37. The second kappa shape index (κ2) is 9.35. The number of methoxy groups -OCH3 is 1. The minimum Gasteiger partial charge on any atom is -0.497 e. The van der Waals surface area contributed by atoms with Crippen molar-refractivity contribution < 1.29 is 13.2 Å². The van der Waals surface area contributed by atoms with Gasteiger partial charge in [0.15, 0.2) is 0 Å². The highest BCUT2D eigenvalue weighted by molar-refractivity contribution is 7.91. The highest BCUT2D eigenvalue weighted by Crippen LogP contribution is 2.30. The van der Waals surface area contributed by atoms with Crippen LogP contribution in [0.15, 0.2) is 70.5 Å². The number of nitrogens with zero attached hydrogens (tertiary/aromatic N) is 1. The van der Waals surface area contributed by atoms with Gasteiger partial charge in [-0.1, -0.05) is 25.1 Å². The molecule has 0 atom stereocenters. The number of hydrogen-bond acceptors (Lipinski definition) is 5. The van der Waals surface area contributed by atoms with Crippen LogP contribution < -0.4 is 15.0 Å². The first-order valence-electron chi connectivity index (χ1n) is 11.0. The maximum atomic E-state index is 13.5. The number of rotatable bonds is 7. The molecular formula is C26H30N2O3S. The van der Waals surface area contributed by atoms with Gasteiger partial charge in [-0.3, -0.25) is 0 Å². The summed E-state index contributed by atoms with van der Waals surface area (Å²) >= 11 is 0. The number of aryl methyl sites for hydroxylation is 1. The van der Waals surface area contributed by atoms with E-state index in [4.69, 9.17) is 4.74 Å². The molecule has 3 aromatic carbocycles. The summed E-state index contributed by atoms with van der Waals surface area (Å²) in [6.07, 6.45) is 1.63. The lowest BCUT2D eigenvalue weighted by Gasteiger charge is -2.21. The minimum atomic E-state index is -3.59. The SMILES string of the molecule is CCc1cc2c(cc1S(=O)(=O)c1ccc(N(C)Cc3cccc(OC)c3)cc1)CNCC2. The summed E-state index contributed by atoms with van der Waals surface area (Å²) in [6, 6.07) is 19.1. The third-order valence-electron chi connectivity index (χ3n) is 6.08. The van der Waals surface area contributed by atoms with Gasteiger partial charge >= 0.3 is 0 Å². The molecule has 0 bridgehead atoms. The fourth-order valence-corrected chi connectivity index (χ4v) is 5.82. The molecule has 5 nitrogen and oxygen atoms in total. The molecule has 0 unspecified atom stereocenters. The third-order valence-corrected chi connectivity index (χ3v) is 7.93. The van der Waals surface area contributed by atoms with Gasteiger partial charge < -0.3 is 15.0 Å². The van der Waals surface area contributed by atoms with E-state index >= 15 is 0 Å². The zero-order chi connectivity index (χ0) is 22.7. The van der Waals surface area contributed by atoms with Gasteiger partial charge in [-0.05, 0) is 84.1 Å². The van der Waals surface area contributed by atoms with Crippen LogP contribution in [-0.4, -0.2) is 29.1 Å². The van der Waals surface area contributed by atoms with Crippen LogP contribution in [0.3, 0.4) is 0 Å². The first-order chi connectivity index (χ1) is 15.4. The van der Waals surface area contributed by atoms with Crippen LogP contribution in [0.1, 0.15) is 29.2 Å². The van der Waals surface area contributed by atoms with E-state index in [9.17, 15) is 8.42 Å². The van der Waals surface area contributed by atoms with Crippen LogP contribution in [-0.2, 0) is 35.8 Å². The van der Waals surface area contributed by atoms with Crippen molar-refractivity contribution in [3.63, 3.8) is 0 Å². The van der Waals surface area contributed by atoms with Crippen LogP contribution in [0.2, 0.25) is 0 Å². The first-order valence-corrected chi connectivity index (χ1v) is 12.5. The average molecular weight is 451 g/mol. The Bertz CT molecular complexity index is 1200. The van der Waals surface area contributed by atoms with Crippen LogP contribution in [0, 0.1) is 0 Å². The van der Waals surface area contributed by atoms with E-state index in [1.54, 1.807) is 19.2 Å². The Kier molecular flexibility index (Phi) is 6.53. The molecule has 0 amide bonds. The lowest BCUT2D eigenvalue weighted by Crippen LogP contribution is -2.24. The number of benzene rings is 3. The normalized spacial score (nSPS) is 13.5. The molecule has 1 N–H and O–H groups in total. The molecule has 168 valence electrons. The van der Waals surface area contributed by atoms with Crippen LogP contribution in [0.4, 0.5) is 5.69 Å². The maximum Gasteiger partial charge on any atom is 0.206 e. The number of nitrogens with one attached hydrogen (secondary N) is 1. The van der Waals surface area contributed by atoms with Crippen molar-refractivity contribution in [3.05, 3.63) is 82.9 Å². The minimum absolute atomic E-state index is 0.328. The van der Waals surface area contributed by atoms with Gasteiger partial charge in [0.25, 0.3) is 0 Å². The Morgan fingerprint density at radius 3 is 2.53 bits per heavy atom. The van der Waals surface area contributed by atoms with Crippen molar-refractivity contribution >= 4 is 15.5 Å². The lowest BCUT2D eigenvalue weighted by atomic mass is 9.97. The molecule has 1 aliphatic heterocycles. The van der Waals surface area contributed by atoms with Crippen molar-refractivity contribution in [1.82, 2.24) is 5.32 Å². The molecule has 0 aliphatic carbocycles. The molecular weight excluding hydrogens is 420 g/mol. The lowest BCUT2D eigenvalue weighted by molar-refractivity contribution is 0.414. The Hall–Kier alpha value is -2.83. The quantitative estimate of drug-likeness (QED) is 0.579. The molecule has 0 saturated carbocycles.